The number of aryl methyl sites for hydroxylation is 1. The molecule has 0 saturated carbocycles. The molecule has 1 N–H and O–H groups in total. The molecule has 3 heterocycles. The fourth-order valence-electron chi connectivity index (χ4n) is 4.50. The van der Waals surface area contributed by atoms with Crippen molar-refractivity contribution in [3.63, 3.8) is 0 Å². The van der Waals surface area contributed by atoms with E-state index in [1.165, 1.54) is 0 Å². The van der Waals surface area contributed by atoms with Crippen molar-refractivity contribution in [1.29, 1.82) is 0 Å². The number of rotatable bonds is 6. The van der Waals surface area contributed by atoms with Gasteiger partial charge in [0.05, 0.1) is 54.1 Å². The standard InChI is InChI=1S/C26H26N4O5S/c1-16-24-22(26(31)27-18-6-10-21(35-3)11-7-18)14-23(17-4-8-20(34-2)9-5-17)28-25(24)30(29-16)19-12-13-36(32,33)15-19/h4-11,14,19H,12-13,15H2,1-3H3,(H,27,31). The van der Waals surface area contributed by atoms with Crippen molar-refractivity contribution in [3.05, 3.63) is 65.9 Å². The van der Waals surface area contributed by atoms with Crippen LogP contribution >= 0.6 is 0 Å². The van der Waals surface area contributed by atoms with Crippen LogP contribution in [0.2, 0.25) is 0 Å². The summed E-state index contributed by atoms with van der Waals surface area (Å²) in [5, 5.41) is 8.19. The Kier molecular flexibility index (Phi) is 6.13. The smallest absolute Gasteiger partial charge is 0.256 e. The monoisotopic (exact) mass is 506 g/mol. The number of methoxy groups -OCH3 is 2. The van der Waals surface area contributed by atoms with Gasteiger partial charge < -0.3 is 14.8 Å². The minimum Gasteiger partial charge on any atom is -0.497 e. The summed E-state index contributed by atoms with van der Waals surface area (Å²) in [7, 11) is 0.0386. The Morgan fingerprint density at radius 1 is 1.03 bits per heavy atom. The molecule has 0 spiro atoms. The maximum Gasteiger partial charge on any atom is 0.256 e. The van der Waals surface area contributed by atoms with Gasteiger partial charge in [-0.3, -0.25) is 4.79 Å². The van der Waals surface area contributed by atoms with Crippen LogP contribution in [-0.2, 0) is 9.84 Å². The van der Waals surface area contributed by atoms with Crippen molar-refractivity contribution in [2.75, 3.05) is 31.0 Å². The SMILES string of the molecule is COc1ccc(NC(=O)c2cc(-c3ccc(OC)cc3)nc3c2c(C)nn3C2CCS(=O)(=O)C2)cc1. The van der Waals surface area contributed by atoms with E-state index < -0.39 is 9.84 Å². The van der Waals surface area contributed by atoms with E-state index in [1.54, 1.807) is 56.2 Å². The molecule has 0 bridgehead atoms. The molecular weight excluding hydrogens is 480 g/mol. The molecule has 1 aliphatic heterocycles. The molecule has 0 radical (unpaired) electrons. The van der Waals surface area contributed by atoms with Crippen molar-refractivity contribution in [1.82, 2.24) is 14.8 Å². The molecule has 1 fully saturated rings. The van der Waals surface area contributed by atoms with Gasteiger partial charge in [-0.05, 0) is 67.9 Å². The Labute approximate surface area is 209 Å². The van der Waals surface area contributed by atoms with Crippen LogP contribution in [0.5, 0.6) is 11.5 Å². The highest BCUT2D eigenvalue weighted by molar-refractivity contribution is 7.91. The predicted octanol–water partition coefficient (Wildman–Crippen LogP) is 4.04. The van der Waals surface area contributed by atoms with Gasteiger partial charge in [-0.2, -0.15) is 5.10 Å². The average Bonchev–Trinajstić information content (AvgIpc) is 3.42. The summed E-state index contributed by atoms with van der Waals surface area (Å²) in [4.78, 5) is 18.4. The third-order valence-electron chi connectivity index (χ3n) is 6.37. The number of pyridine rings is 1. The minimum absolute atomic E-state index is 0.00500. The topological polar surface area (TPSA) is 112 Å². The maximum absolute atomic E-state index is 13.5. The molecule has 186 valence electrons. The number of sulfone groups is 1. The molecule has 0 aliphatic carbocycles. The highest BCUT2D eigenvalue weighted by Crippen LogP contribution is 2.33. The van der Waals surface area contributed by atoms with E-state index in [-0.39, 0.29) is 23.5 Å². The molecule has 4 aromatic rings. The highest BCUT2D eigenvalue weighted by atomic mass is 32.2. The second kappa shape index (κ2) is 9.27. The summed E-state index contributed by atoms with van der Waals surface area (Å²) in [6.07, 6.45) is 0.459. The van der Waals surface area contributed by atoms with Gasteiger partial charge in [-0.1, -0.05) is 0 Å². The highest BCUT2D eigenvalue weighted by Gasteiger charge is 2.32. The first kappa shape index (κ1) is 23.8. The summed E-state index contributed by atoms with van der Waals surface area (Å²) in [5.74, 6) is 1.19. The molecule has 1 amide bonds. The fraction of sp³-hybridized carbons (Fsp3) is 0.269. The van der Waals surface area contributed by atoms with Gasteiger partial charge >= 0.3 is 0 Å². The number of benzene rings is 2. The van der Waals surface area contributed by atoms with Gasteiger partial charge in [0.15, 0.2) is 15.5 Å². The van der Waals surface area contributed by atoms with E-state index in [9.17, 15) is 13.2 Å². The van der Waals surface area contributed by atoms with Gasteiger partial charge in [0, 0.05) is 11.3 Å². The zero-order chi connectivity index (χ0) is 25.4. The summed E-state index contributed by atoms with van der Waals surface area (Å²) < 4.78 is 36.5. The molecule has 10 heteroatoms. The minimum atomic E-state index is -3.14. The molecule has 1 unspecified atom stereocenters. The van der Waals surface area contributed by atoms with E-state index in [2.05, 4.69) is 10.4 Å². The number of hydrogen-bond donors (Lipinski definition) is 1. The lowest BCUT2D eigenvalue weighted by Crippen LogP contribution is -2.15. The van der Waals surface area contributed by atoms with Gasteiger partial charge in [0.25, 0.3) is 5.91 Å². The second-order valence-corrected chi connectivity index (χ2v) is 11.0. The normalized spacial score (nSPS) is 16.7. The number of carbonyl (C=O) groups excluding carboxylic acids is 1. The average molecular weight is 507 g/mol. The third kappa shape index (κ3) is 4.51. The zero-order valence-electron chi connectivity index (χ0n) is 20.2. The summed E-state index contributed by atoms with van der Waals surface area (Å²) in [5.41, 5.74) is 3.49. The van der Waals surface area contributed by atoms with Crippen molar-refractivity contribution in [2.45, 2.75) is 19.4 Å². The van der Waals surface area contributed by atoms with Crippen LogP contribution < -0.4 is 14.8 Å². The Bertz CT molecular complexity index is 1540. The van der Waals surface area contributed by atoms with Crippen molar-refractivity contribution in [2.24, 2.45) is 0 Å². The molecule has 1 atom stereocenters. The van der Waals surface area contributed by atoms with Gasteiger partial charge in [-0.25, -0.2) is 18.1 Å². The van der Waals surface area contributed by atoms with Crippen molar-refractivity contribution < 1.29 is 22.7 Å². The van der Waals surface area contributed by atoms with Crippen LogP contribution in [0.1, 0.15) is 28.5 Å². The first-order valence-corrected chi connectivity index (χ1v) is 13.3. The number of ether oxygens (including phenoxy) is 2. The lowest BCUT2D eigenvalue weighted by molar-refractivity contribution is 0.102. The largest absolute Gasteiger partial charge is 0.497 e. The number of nitrogens with zero attached hydrogens (tertiary/aromatic N) is 3. The Hall–Kier alpha value is -3.92. The van der Waals surface area contributed by atoms with Crippen LogP contribution in [0.15, 0.2) is 54.6 Å². The third-order valence-corrected chi connectivity index (χ3v) is 8.12. The number of amides is 1. The number of carbonyl (C=O) groups is 1. The quantitative estimate of drug-likeness (QED) is 0.420. The van der Waals surface area contributed by atoms with Crippen LogP contribution in [0, 0.1) is 6.92 Å². The van der Waals surface area contributed by atoms with Crippen LogP contribution in [0.4, 0.5) is 5.69 Å². The number of anilines is 1. The van der Waals surface area contributed by atoms with Crippen molar-refractivity contribution >= 4 is 32.5 Å². The van der Waals surface area contributed by atoms with Gasteiger partial charge in [-0.15, -0.1) is 0 Å². The first-order chi connectivity index (χ1) is 17.3. The number of hydrogen-bond acceptors (Lipinski definition) is 7. The van der Waals surface area contributed by atoms with Crippen LogP contribution in [-0.4, -0.2) is 54.8 Å². The lowest BCUT2D eigenvalue weighted by atomic mass is 10.0. The molecule has 36 heavy (non-hydrogen) atoms. The predicted molar refractivity (Wildman–Crippen MR) is 138 cm³/mol. The number of aromatic nitrogens is 3. The molecular formula is C26H26N4O5S. The number of fused-ring (bicyclic) bond motifs is 1. The van der Waals surface area contributed by atoms with E-state index in [0.29, 0.717) is 51.6 Å². The fourth-order valence-corrected chi connectivity index (χ4v) is 6.19. The molecule has 9 nitrogen and oxygen atoms in total. The van der Waals surface area contributed by atoms with E-state index >= 15 is 0 Å². The van der Waals surface area contributed by atoms with E-state index in [1.807, 2.05) is 24.3 Å². The van der Waals surface area contributed by atoms with Gasteiger partial charge in [0.1, 0.15) is 11.5 Å². The molecule has 1 aliphatic rings. The van der Waals surface area contributed by atoms with Crippen LogP contribution in [0.25, 0.3) is 22.3 Å². The number of nitrogens with one attached hydrogen (secondary N) is 1. The summed E-state index contributed by atoms with van der Waals surface area (Å²) >= 11 is 0. The molecule has 2 aromatic carbocycles. The maximum atomic E-state index is 13.5. The molecule has 5 rings (SSSR count). The summed E-state index contributed by atoms with van der Waals surface area (Å²) in [6, 6.07) is 15.9. The Morgan fingerprint density at radius 2 is 1.67 bits per heavy atom. The Morgan fingerprint density at radius 3 is 2.25 bits per heavy atom. The zero-order valence-corrected chi connectivity index (χ0v) is 21.0. The van der Waals surface area contributed by atoms with Gasteiger partial charge in [0.2, 0.25) is 0 Å². The second-order valence-electron chi connectivity index (χ2n) is 8.75. The first-order valence-electron chi connectivity index (χ1n) is 11.5. The lowest BCUT2D eigenvalue weighted by Gasteiger charge is -2.13. The molecule has 2 aromatic heterocycles. The molecule has 1 saturated heterocycles. The van der Waals surface area contributed by atoms with Crippen molar-refractivity contribution in [3.8, 4) is 22.8 Å². The Balaban J connectivity index is 1.64. The van der Waals surface area contributed by atoms with E-state index in [0.717, 1.165) is 5.56 Å². The van der Waals surface area contributed by atoms with E-state index in [4.69, 9.17) is 14.5 Å². The summed E-state index contributed by atoms with van der Waals surface area (Å²) in [6.45, 7) is 1.81. The van der Waals surface area contributed by atoms with Crippen LogP contribution in [0.3, 0.4) is 0 Å².